The van der Waals surface area contributed by atoms with Gasteiger partial charge in [-0.15, -0.1) is 0 Å². The number of piperidine rings is 1. The van der Waals surface area contributed by atoms with Gasteiger partial charge in [0.05, 0.1) is 12.7 Å². The summed E-state index contributed by atoms with van der Waals surface area (Å²) >= 11 is 0. The van der Waals surface area contributed by atoms with Crippen LogP contribution in [0.1, 0.15) is 48.9 Å². The lowest BCUT2D eigenvalue weighted by atomic mass is 9.91. The smallest absolute Gasteiger partial charge is 0.315 e. The molecule has 0 bridgehead atoms. The molecule has 17 nitrogen and oxygen atoms in total. The summed E-state index contributed by atoms with van der Waals surface area (Å²) in [6.45, 7) is 4.43. The van der Waals surface area contributed by atoms with Gasteiger partial charge in [0.15, 0.2) is 29.3 Å². The van der Waals surface area contributed by atoms with Crippen molar-refractivity contribution in [3.63, 3.8) is 0 Å². The lowest BCUT2D eigenvalue weighted by Gasteiger charge is -2.33. The van der Waals surface area contributed by atoms with Crippen molar-refractivity contribution in [3.8, 4) is 0 Å². The summed E-state index contributed by atoms with van der Waals surface area (Å²) in [6, 6.07) is 25.6. The van der Waals surface area contributed by atoms with E-state index in [0.717, 1.165) is 42.9 Å². The van der Waals surface area contributed by atoms with E-state index in [4.69, 9.17) is 9.72 Å². The minimum Gasteiger partial charge on any atom is -0.387 e. The molecule has 0 radical (unpaired) electrons. The zero-order chi connectivity index (χ0) is 40.4. The van der Waals surface area contributed by atoms with Crippen LogP contribution in [0.4, 0.5) is 16.4 Å². The van der Waals surface area contributed by atoms with Gasteiger partial charge in [-0.05, 0) is 43.0 Å². The van der Waals surface area contributed by atoms with Gasteiger partial charge < -0.3 is 46.4 Å². The molecule has 7 rings (SSSR count). The van der Waals surface area contributed by atoms with Crippen LogP contribution in [0.5, 0.6) is 0 Å². The van der Waals surface area contributed by atoms with E-state index >= 15 is 0 Å². The van der Waals surface area contributed by atoms with Crippen molar-refractivity contribution in [2.24, 2.45) is 0 Å². The number of carbonyl (C=O) groups excluding carboxylic acids is 3. The summed E-state index contributed by atoms with van der Waals surface area (Å²) in [7, 11) is 0. The molecule has 58 heavy (non-hydrogen) atoms. The topological polar surface area (TPSA) is 221 Å². The van der Waals surface area contributed by atoms with Crippen molar-refractivity contribution in [3.05, 3.63) is 108 Å². The van der Waals surface area contributed by atoms with Crippen molar-refractivity contribution in [1.82, 2.24) is 45.8 Å². The molecule has 2 aliphatic heterocycles. The second-order valence-electron chi connectivity index (χ2n) is 14.3. The van der Waals surface area contributed by atoms with Gasteiger partial charge in [-0.3, -0.25) is 14.2 Å². The number of aromatic nitrogens is 5. The molecule has 0 aliphatic carbocycles. The fraction of sp³-hybridized carbons (Fsp3) is 0.390. The summed E-state index contributed by atoms with van der Waals surface area (Å²) in [5.74, 6) is 0.422. The van der Waals surface area contributed by atoms with Gasteiger partial charge in [0, 0.05) is 57.4 Å². The quantitative estimate of drug-likeness (QED) is 0.0756. The molecular formula is C41H49N11O6. The third-order valence-corrected chi connectivity index (χ3v) is 10.3. The zero-order valence-corrected chi connectivity index (χ0v) is 32.2. The molecule has 2 saturated heterocycles. The summed E-state index contributed by atoms with van der Waals surface area (Å²) in [6.07, 6.45) is -0.955. The highest BCUT2D eigenvalue weighted by molar-refractivity contribution is 5.85. The number of fused-ring (bicyclic) bond motifs is 1. The number of nitrogens with one attached hydrogen (secondary N) is 5. The Labute approximate surface area is 335 Å². The molecule has 2 aliphatic rings. The third-order valence-electron chi connectivity index (χ3n) is 10.3. The minimum atomic E-state index is -1.50. The number of aliphatic hydroxyl groups excluding tert-OH is 2. The van der Waals surface area contributed by atoms with E-state index in [1.165, 1.54) is 10.9 Å². The van der Waals surface area contributed by atoms with Gasteiger partial charge in [-0.1, -0.05) is 66.7 Å². The first-order chi connectivity index (χ1) is 28.3. The molecule has 304 valence electrons. The van der Waals surface area contributed by atoms with Gasteiger partial charge in [-0.2, -0.15) is 0 Å². The molecule has 5 heterocycles. The van der Waals surface area contributed by atoms with E-state index in [-0.39, 0.29) is 54.9 Å². The van der Waals surface area contributed by atoms with Gasteiger partial charge in [0.2, 0.25) is 5.91 Å². The van der Waals surface area contributed by atoms with E-state index in [1.54, 1.807) is 13.1 Å². The largest absolute Gasteiger partial charge is 0.387 e. The summed E-state index contributed by atoms with van der Waals surface area (Å²) in [5, 5.41) is 36.5. The third kappa shape index (κ3) is 9.50. The number of rotatable bonds is 15. The normalized spacial score (nSPS) is 19.6. The molecule has 0 spiro atoms. The first-order valence-electron chi connectivity index (χ1n) is 19.6. The Morgan fingerprint density at radius 3 is 2.21 bits per heavy atom. The Balaban J connectivity index is 1.02. The monoisotopic (exact) mass is 791 g/mol. The lowest BCUT2D eigenvalue weighted by Crippen LogP contribution is -2.49. The van der Waals surface area contributed by atoms with E-state index in [2.05, 4.69) is 70.7 Å². The molecular weight excluding hydrogens is 743 g/mol. The number of amides is 4. The van der Waals surface area contributed by atoms with Crippen LogP contribution in [0.15, 0.2) is 91.4 Å². The number of benzene rings is 2. The molecule has 0 unspecified atom stereocenters. The standard InChI is InChI=1S/C41H49N11O6/c1-2-42-39(56)36-34(54)35(55)40(58-36)52-25-47-33-37(46-24-29(26-11-5-3-6-12-26)27-13-7-4-8-14-27)49-30(50-38(33)52)23-32(53)44-19-20-45-41(57)48-28-16-21-51(22-17-28)31-15-9-10-18-43-31/h3-15,18,25,28-29,34-36,40,54-55H,2,16-17,19-24H2,1H3,(H,42,56)(H,44,53)(H2,45,48,57)(H,46,49,50)/t34-,35+,36-,40+/m0/s1. The van der Waals surface area contributed by atoms with E-state index < -0.39 is 30.4 Å². The number of ether oxygens (including phenoxy) is 1. The van der Waals surface area contributed by atoms with E-state index in [0.29, 0.717) is 24.4 Å². The molecule has 2 aromatic carbocycles. The van der Waals surface area contributed by atoms with Crippen molar-refractivity contribution >= 4 is 40.6 Å². The van der Waals surface area contributed by atoms with E-state index in [9.17, 15) is 24.6 Å². The molecule has 7 N–H and O–H groups in total. The van der Waals surface area contributed by atoms with Crippen LogP contribution in [-0.4, -0.2) is 116 Å². The van der Waals surface area contributed by atoms with Gasteiger partial charge in [0.25, 0.3) is 5.91 Å². The van der Waals surface area contributed by atoms with Crippen LogP contribution < -0.4 is 31.5 Å². The van der Waals surface area contributed by atoms with Crippen LogP contribution in [0.2, 0.25) is 0 Å². The molecule has 4 atom stereocenters. The van der Waals surface area contributed by atoms with Crippen molar-refractivity contribution in [1.29, 1.82) is 0 Å². The average Bonchev–Trinajstić information content (AvgIpc) is 3.80. The van der Waals surface area contributed by atoms with Crippen LogP contribution in [-0.2, 0) is 20.7 Å². The number of urea groups is 1. The number of hydrogen-bond donors (Lipinski definition) is 7. The Morgan fingerprint density at radius 1 is 0.845 bits per heavy atom. The Hall–Kier alpha value is -6.17. The van der Waals surface area contributed by atoms with Crippen molar-refractivity contribution in [2.45, 2.75) is 62.7 Å². The highest BCUT2D eigenvalue weighted by Crippen LogP contribution is 2.33. The van der Waals surface area contributed by atoms with Crippen LogP contribution in [0.25, 0.3) is 11.2 Å². The lowest BCUT2D eigenvalue weighted by molar-refractivity contribution is -0.137. The maximum Gasteiger partial charge on any atom is 0.315 e. The predicted molar refractivity (Wildman–Crippen MR) is 216 cm³/mol. The highest BCUT2D eigenvalue weighted by atomic mass is 16.6. The van der Waals surface area contributed by atoms with Crippen LogP contribution in [0, 0.1) is 0 Å². The number of imidazole rings is 1. The first-order valence-corrected chi connectivity index (χ1v) is 19.6. The predicted octanol–water partition coefficient (Wildman–Crippen LogP) is 1.85. The second-order valence-corrected chi connectivity index (χ2v) is 14.3. The number of carbonyl (C=O) groups is 3. The summed E-state index contributed by atoms with van der Waals surface area (Å²) in [5.41, 5.74) is 2.73. The molecule has 4 amide bonds. The van der Waals surface area contributed by atoms with Gasteiger partial charge >= 0.3 is 6.03 Å². The Bertz CT molecular complexity index is 2090. The molecule has 2 fully saturated rings. The van der Waals surface area contributed by atoms with E-state index in [1.807, 2.05) is 54.6 Å². The maximum atomic E-state index is 13.2. The number of aliphatic hydroxyl groups is 2. The highest BCUT2D eigenvalue weighted by Gasteiger charge is 2.47. The number of anilines is 2. The van der Waals surface area contributed by atoms with Crippen LogP contribution in [0.3, 0.4) is 0 Å². The summed E-state index contributed by atoms with van der Waals surface area (Å²) < 4.78 is 7.33. The maximum absolute atomic E-state index is 13.2. The van der Waals surface area contributed by atoms with Gasteiger partial charge in [0.1, 0.15) is 23.9 Å². The molecule has 3 aromatic heterocycles. The average molecular weight is 792 g/mol. The number of nitrogens with zero attached hydrogens (tertiary/aromatic N) is 6. The summed E-state index contributed by atoms with van der Waals surface area (Å²) in [4.78, 5) is 59.1. The van der Waals surface area contributed by atoms with Crippen molar-refractivity contribution < 1.29 is 29.3 Å². The van der Waals surface area contributed by atoms with Gasteiger partial charge in [-0.25, -0.2) is 24.7 Å². The fourth-order valence-electron chi connectivity index (χ4n) is 7.34. The number of hydrogen-bond acceptors (Lipinski definition) is 12. The molecule has 0 saturated carbocycles. The Kier molecular flexibility index (Phi) is 13.0. The minimum absolute atomic E-state index is 0.0342. The number of likely N-dealkylation sites (N-methyl/N-ethyl adjacent to an activating group) is 1. The Morgan fingerprint density at radius 2 is 1.53 bits per heavy atom. The molecule has 17 heteroatoms. The second kappa shape index (κ2) is 18.8. The SMILES string of the molecule is CCNC(=O)[C@H]1O[C@@H](n2cnc3c(NCC(c4ccccc4)c4ccccc4)nc(CC(=O)NCCNC(=O)NC4CCN(c5ccccn5)CC4)nc32)[C@H](O)[C@@H]1O. The first kappa shape index (κ1) is 40.0. The fourth-order valence-corrected chi connectivity index (χ4v) is 7.34. The van der Waals surface area contributed by atoms with Crippen LogP contribution >= 0.6 is 0 Å². The number of pyridine rings is 1. The van der Waals surface area contributed by atoms with Crippen molar-refractivity contribution in [2.75, 3.05) is 49.5 Å². The zero-order valence-electron chi connectivity index (χ0n) is 32.2. The molecule has 5 aromatic rings.